The van der Waals surface area contributed by atoms with E-state index in [9.17, 15) is 0 Å². The molecule has 0 aromatic heterocycles. The second-order valence-electron chi connectivity index (χ2n) is 5.54. The molecule has 1 aliphatic carbocycles. The van der Waals surface area contributed by atoms with Crippen molar-refractivity contribution in [1.82, 2.24) is 0 Å². The zero-order valence-electron chi connectivity index (χ0n) is 13.0. The molecule has 1 N–H and O–H groups in total. The predicted octanol–water partition coefficient (Wildman–Crippen LogP) is 5.17. The van der Waals surface area contributed by atoms with E-state index >= 15 is 0 Å². The second-order valence-corrected chi connectivity index (χ2v) is 5.54. The molecule has 0 heterocycles. The van der Waals surface area contributed by atoms with Crippen LogP contribution >= 0.6 is 0 Å². The van der Waals surface area contributed by atoms with Crippen molar-refractivity contribution in [2.24, 2.45) is 5.10 Å². The quantitative estimate of drug-likeness (QED) is 0.609. The minimum atomic E-state index is 1.00. The Bertz CT molecular complexity index is 767. The Morgan fingerprint density at radius 2 is 1.77 bits per heavy atom. The smallest absolute Gasteiger partial charge is 0.0590 e. The molecule has 2 heteroatoms. The van der Waals surface area contributed by atoms with E-state index < -0.39 is 0 Å². The van der Waals surface area contributed by atoms with Crippen LogP contribution in [0.1, 0.15) is 30.0 Å². The fraction of sp³-hybridized carbons (Fsp3) is 0.150. The first-order chi connectivity index (χ1) is 10.8. The highest BCUT2D eigenvalue weighted by molar-refractivity contribution is 5.90. The molecular weight excluding hydrogens is 268 g/mol. The maximum Gasteiger partial charge on any atom is 0.0590 e. The van der Waals surface area contributed by atoms with Gasteiger partial charge in [0, 0.05) is 5.56 Å². The molecular formula is C20H20N2. The summed E-state index contributed by atoms with van der Waals surface area (Å²) in [7, 11) is 0. The summed E-state index contributed by atoms with van der Waals surface area (Å²) in [5.74, 6) is 0. The number of hydrazone groups is 1. The van der Waals surface area contributed by atoms with Gasteiger partial charge in [0.05, 0.1) is 11.9 Å². The lowest BCUT2D eigenvalue weighted by atomic mass is 9.97. The molecule has 22 heavy (non-hydrogen) atoms. The number of anilines is 1. The zero-order chi connectivity index (χ0) is 15.4. The van der Waals surface area contributed by atoms with E-state index in [0.29, 0.717) is 0 Å². The number of benzene rings is 2. The van der Waals surface area contributed by atoms with Gasteiger partial charge in [-0.15, -0.1) is 0 Å². The SMILES string of the molecule is CC1=C(c2ccccc2/C=N/Nc2ccccc2C)CC=C1. The van der Waals surface area contributed by atoms with E-state index in [1.54, 1.807) is 0 Å². The number of allylic oxidation sites excluding steroid dienone is 4. The molecule has 0 amide bonds. The molecule has 0 fully saturated rings. The van der Waals surface area contributed by atoms with Crippen molar-refractivity contribution in [3.8, 4) is 0 Å². The third kappa shape index (κ3) is 3.01. The number of hydrogen-bond donors (Lipinski definition) is 1. The molecule has 0 spiro atoms. The van der Waals surface area contributed by atoms with Crippen LogP contribution in [0, 0.1) is 6.92 Å². The van der Waals surface area contributed by atoms with E-state index in [1.807, 2.05) is 24.4 Å². The van der Waals surface area contributed by atoms with Gasteiger partial charge in [-0.1, -0.05) is 54.6 Å². The topological polar surface area (TPSA) is 24.4 Å². The Balaban J connectivity index is 1.83. The Labute approximate surface area is 131 Å². The van der Waals surface area contributed by atoms with Gasteiger partial charge in [0.25, 0.3) is 0 Å². The van der Waals surface area contributed by atoms with Crippen molar-refractivity contribution < 1.29 is 0 Å². The first-order valence-corrected chi connectivity index (χ1v) is 7.56. The van der Waals surface area contributed by atoms with Gasteiger partial charge in [0.2, 0.25) is 0 Å². The third-order valence-corrected chi connectivity index (χ3v) is 3.99. The van der Waals surface area contributed by atoms with Crippen molar-refractivity contribution in [2.45, 2.75) is 20.3 Å². The number of aryl methyl sites for hydroxylation is 1. The van der Waals surface area contributed by atoms with Crippen molar-refractivity contribution >= 4 is 17.5 Å². The second kappa shape index (κ2) is 6.44. The average molecular weight is 288 g/mol. The van der Waals surface area contributed by atoms with E-state index in [0.717, 1.165) is 17.7 Å². The van der Waals surface area contributed by atoms with Gasteiger partial charge in [-0.2, -0.15) is 5.10 Å². The lowest BCUT2D eigenvalue weighted by Gasteiger charge is -2.09. The Kier molecular flexibility index (Phi) is 4.19. The van der Waals surface area contributed by atoms with Crippen LogP contribution in [0.2, 0.25) is 0 Å². The largest absolute Gasteiger partial charge is 0.278 e. The van der Waals surface area contributed by atoms with Crippen LogP contribution in [-0.4, -0.2) is 6.21 Å². The number of rotatable bonds is 4. The fourth-order valence-electron chi connectivity index (χ4n) is 2.69. The molecule has 2 nitrogen and oxygen atoms in total. The molecule has 110 valence electrons. The average Bonchev–Trinajstić information content (AvgIpc) is 2.96. The van der Waals surface area contributed by atoms with Crippen LogP contribution in [0.4, 0.5) is 5.69 Å². The van der Waals surface area contributed by atoms with Crippen molar-refractivity contribution in [1.29, 1.82) is 0 Å². The highest BCUT2D eigenvalue weighted by Gasteiger charge is 2.10. The van der Waals surface area contributed by atoms with Crippen LogP contribution in [0.25, 0.3) is 5.57 Å². The molecule has 0 saturated heterocycles. The first kappa shape index (κ1) is 14.3. The van der Waals surface area contributed by atoms with Crippen LogP contribution in [0.5, 0.6) is 0 Å². The number of hydrogen-bond acceptors (Lipinski definition) is 2. The first-order valence-electron chi connectivity index (χ1n) is 7.56. The maximum absolute atomic E-state index is 4.41. The highest BCUT2D eigenvalue weighted by Crippen LogP contribution is 2.30. The highest BCUT2D eigenvalue weighted by atomic mass is 15.3. The molecule has 2 aromatic rings. The monoisotopic (exact) mass is 288 g/mol. The summed E-state index contributed by atoms with van der Waals surface area (Å²) in [6, 6.07) is 16.6. The van der Waals surface area contributed by atoms with Crippen LogP contribution in [0.3, 0.4) is 0 Å². The lowest BCUT2D eigenvalue weighted by Crippen LogP contribution is -1.96. The molecule has 0 radical (unpaired) electrons. The minimum Gasteiger partial charge on any atom is -0.278 e. The molecule has 1 aliphatic rings. The van der Waals surface area contributed by atoms with E-state index in [1.165, 1.54) is 22.3 Å². The lowest BCUT2D eigenvalue weighted by molar-refractivity contribution is 1.31. The minimum absolute atomic E-state index is 1.00. The van der Waals surface area contributed by atoms with Gasteiger partial charge < -0.3 is 0 Å². The normalized spacial score (nSPS) is 14.1. The summed E-state index contributed by atoms with van der Waals surface area (Å²) >= 11 is 0. The van der Waals surface area contributed by atoms with Crippen molar-refractivity contribution in [3.63, 3.8) is 0 Å². The Morgan fingerprint density at radius 3 is 2.55 bits per heavy atom. The summed E-state index contributed by atoms with van der Waals surface area (Å²) in [4.78, 5) is 0. The van der Waals surface area contributed by atoms with E-state index in [2.05, 4.69) is 66.9 Å². The van der Waals surface area contributed by atoms with Gasteiger partial charge in [-0.3, -0.25) is 5.43 Å². The Hall–Kier alpha value is -2.61. The fourth-order valence-corrected chi connectivity index (χ4v) is 2.69. The molecule has 0 unspecified atom stereocenters. The van der Waals surface area contributed by atoms with Crippen LogP contribution in [-0.2, 0) is 0 Å². The summed E-state index contributed by atoms with van der Waals surface area (Å²) in [5, 5.41) is 4.41. The van der Waals surface area contributed by atoms with Gasteiger partial charge >= 0.3 is 0 Å². The third-order valence-electron chi connectivity index (χ3n) is 3.99. The predicted molar refractivity (Wildman–Crippen MR) is 95.2 cm³/mol. The van der Waals surface area contributed by atoms with Gasteiger partial charge in [0.1, 0.15) is 0 Å². The van der Waals surface area contributed by atoms with Gasteiger partial charge in [-0.25, -0.2) is 0 Å². The molecule has 0 saturated carbocycles. The van der Waals surface area contributed by atoms with Crippen molar-refractivity contribution in [2.75, 3.05) is 5.43 Å². The van der Waals surface area contributed by atoms with Crippen LogP contribution < -0.4 is 5.43 Å². The number of para-hydroxylation sites is 1. The summed E-state index contributed by atoms with van der Waals surface area (Å²) in [6.07, 6.45) is 7.31. The molecule has 3 rings (SSSR count). The molecule has 0 aliphatic heterocycles. The standard InChI is InChI=1S/C20H20N2/c1-15-9-7-12-18(15)19-11-5-4-10-17(19)14-21-22-20-13-6-3-8-16(20)2/h3-11,13-14,22H,12H2,1-2H3/b21-14+. The van der Waals surface area contributed by atoms with E-state index in [4.69, 9.17) is 0 Å². The number of nitrogens with zero attached hydrogens (tertiary/aromatic N) is 1. The molecule has 2 aromatic carbocycles. The van der Waals surface area contributed by atoms with Crippen molar-refractivity contribution in [3.05, 3.63) is 82.9 Å². The van der Waals surface area contributed by atoms with Gasteiger partial charge in [-0.05, 0) is 48.6 Å². The molecule has 0 atom stereocenters. The molecule has 0 bridgehead atoms. The van der Waals surface area contributed by atoms with Gasteiger partial charge in [0.15, 0.2) is 0 Å². The zero-order valence-corrected chi connectivity index (χ0v) is 13.0. The Morgan fingerprint density at radius 1 is 1.00 bits per heavy atom. The summed E-state index contributed by atoms with van der Waals surface area (Å²) in [6.45, 7) is 4.24. The summed E-state index contributed by atoms with van der Waals surface area (Å²) in [5.41, 5.74) is 10.5. The van der Waals surface area contributed by atoms with Crippen LogP contribution in [0.15, 0.2) is 71.4 Å². The summed E-state index contributed by atoms with van der Waals surface area (Å²) < 4.78 is 0. The number of nitrogens with one attached hydrogen (secondary N) is 1. The maximum atomic E-state index is 4.41. The van der Waals surface area contributed by atoms with E-state index in [-0.39, 0.29) is 0 Å².